The van der Waals surface area contributed by atoms with Gasteiger partial charge in [0.15, 0.2) is 5.96 Å². The minimum Gasteiger partial charge on any atom is -0.355 e. The summed E-state index contributed by atoms with van der Waals surface area (Å²) in [6, 6.07) is 1.68. The standard InChI is InChI=1S/C17H34N4OS/c1-5-23(22)16-8-6-7-14(11-16)20-17(18-3)19-12-13(2)21(4)15-9-10-15/h13-16H,5-12H2,1-4H3,(H2,18,19,20). The molecule has 0 radical (unpaired) electrons. The first-order valence-electron chi connectivity index (χ1n) is 9.11. The zero-order valence-electron chi connectivity index (χ0n) is 15.2. The number of hydrogen-bond acceptors (Lipinski definition) is 3. The molecule has 4 atom stereocenters. The summed E-state index contributed by atoms with van der Waals surface area (Å²) in [6.45, 7) is 5.19. The third-order valence-corrected chi connectivity index (χ3v) is 6.97. The van der Waals surface area contributed by atoms with Crippen molar-refractivity contribution < 1.29 is 4.21 Å². The van der Waals surface area contributed by atoms with Gasteiger partial charge in [-0.3, -0.25) is 14.1 Å². The smallest absolute Gasteiger partial charge is 0.191 e. The maximum absolute atomic E-state index is 12.1. The molecule has 0 aliphatic heterocycles. The van der Waals surface area contributed by atoms with Crippen molar-refractivity contribution in [2.24, 2.45) is 4.99 Å². The Hall–Kier alpha value is -0.620. The van der Waals surface area contributed by atoms with E-state index in [2.05, 4.69) is 34.5 Å². The summed E-state index contributed by atoms with van der Waals surface area (Å²) in [7, 11) is 3.37. The Morgan fingerprint density at radius 3 is 2.70 bits per heavy atom. The van der Waals surface area contributed by atoms with E-state index in [9.17, 15) is 4.21 Å². The third-order valence-electron chi connectivity index (χ3n) is 5.23. The summed E-state index contributed by atoms with van der Waals surface area (Å²) in [6.07, 6.45) is 7.09. The Balaban J connectivity index is 1.76. The summed E-state index contributed by atoms with van der Waals surface area (Å²) in [5.74, 6) is 1.66. The van der Waals surface area contributed by atoms with Crippen LogP contribution in [0.1, 0.15) is 52.4 Å². The molecule has 2 N–H and O–H groups in total. The SMILES string of the molecule is CCS(=O)C1CCCC(NC(=NC)NCC(C)N(C)C2CC2)C1. The van der Waals surface area contributed by atoms with E-state index in [0.29, 0.717) is 17.3 Å². The van der Waals surface area contributed by atoms with Crippen LogP contribution in [0.3, 0.4) is 0 Å². The molecule has 2 aliphatic carbocycles. The summed E-state index contributed by atoms with van der Waals surface area (Å²) >= 11 is 0. The monoisotopic (exact) mass is 342 g/mol. The van der Waals surface area contributed by atoms with Crippen molar-refractivity contribution in [2.45, 2.75) is 75.7 Å². The van der Waals surface area contributed by atoms with Crippen LogP contribution in [0.4, 0.5) is 0 Å². The van der Waals surface area contributed by atoms with Gasteiger partial charge in [-0.25, -0.2) is 0 Å². The Morgan fingerprint density at radius 1 is 1.35 bits per heavy atom. The molecule has 2 saturated carbocycles. The molecule has 2 fully saturated rings. The summed E-state index contributed by atoms with van der Waals surface area (Å²) in [5.41, 5.74) is 0. The van der Waals surface area contributed by atoms with Crippen LogP contribution in [0, 0.1) is 0 Å². The van der Waals surface area contributed by atoms with Crippen molar-refractivity contribution in [1.29, 1.82) is 0 Å². The molecule has 6 heteroatoms. The van der Waals surface area contributed by atoms with Crippen LogP contribution in [0.2, 0.25) is 0 Å². The first-order chi connectivity index (χ1) is 11.0. The minimum atomic E-state index is -0.673. The fraction of sp³-hybridized carbons (Fsp3) is 0.941. The highest BCUT2D eigenvalue weighted by Gasteiger charge is 2.29. The van der Waals surface area contributed by atoms with E-state index in [1.807, 2.05) is 14.0 Å². The first-order valence-corrected chi connectivity index (χ1v) is 10.5. The molecule has 0 spiro atoms. The van der Waals surface area contributed by atoms with E-state index >= 15 is 0 Å². The zero-order chi connectivity index (χ0) is 16.8. The lowest BCUT2D eigenvalue weighted by atomic mass is 9.95. The van der Waals surface area contributed by atoms with Crippen molar-refractivity contribution >= 4 is 16.8 Å². The highest BCUT2D eigenvalue weighted by molar-refractivity contribution is 7.85. The normalized spacial score (nSPS) is 28.5. The second-order valence-electron chi connectivity index (χ2n) is 7.00. The van der Waals surface area contributed by atoms with E-state index in [4.69, 9.17) is 0 Å². The lowest BCUT2D eigenvalue weighted by Gasteiger charge is -2.31. The average Bonchev–Trinajstić information content (AvgIpc) is 3.42. The summed E-state index contributed by atoms with van der Waals surface area (Å²) < 4.78 is 12.1. The van der Waals surface area contributed by atoms with Crippen molar-refractivity contribution in [3.05, 3.63) is 0 Å². The molecule has 0 amide bonds. The maximum Gasteiger partial charge on any atom is 0.191 e. The van der Waals surface area contributed by atoms with Gasteiger partial charge in [0, 0.05) is 53.5 Å². The Labute approximate surface area is 144 Å². The average molecular weight is 343 g/mol. The number of aliphatic imine (C=N–C) groups is 1. The van der Waals surface area contributed by atoms with Gasteiger partial charge >= 0.3 is 0 Å². The molecule has 4 unspecified atom stereocenters. The van der Waals surface area contributed by atoms with Gasteiger partial charge in [0.1, 0.15) is 0 Å². The minimum absolute atomic E-state index is 0.351. The number of likely N-dealkylation sites (N-methyl/N-ethyl adjacent to an activating group) is 1. The largest absolute Gasteiger partial charge is 0.355 e. The molecule has 0 bridgehead atoms. The molecule has 0 aromatic heterocycles. The molecule has 0 aromatic carbocycles. The molecule has 2 aliphatic rings. The first kappa shape index (κ1) is 18.7. The van der Waals surface area contributed by atoms with Crippen LogP contribution in [0.15, 0.2) is 4.99 Å². The molecule has 0 heterocycles. The molecule has 23 heavy (non-hydrogen) atoms. The van der Waals surface area contributed by atoms with Gasteiger partial charge in [-0.15, -0.1) is 0 Å². The second kappa shape index (κ2) is 9.02. The quantitative estimate of drug-likeness (QED) is 0.546. The second-order valence-corrected chi connectivity index (χ2v) is 9.00. The Kier molecular flexibility index (Phi) is 7.34. The van der Waals surface area contributed by atoms with Crippen molar-refractivity contribution in [1.82, 2.24) is 15.5 Å². The van der Waals surface area contributed by atoms with E-state index in [0.717, 1.165) is 50.0 Å². The van der Waals surface area contributed by atoms with E-state index in [1.165, 1.54) is 12.8 Å². The third kappa shape index (κ3) is 5.75. The van der Waals surface area contributed by atoms with Gasteiger partial charge in [-0.1, -0.05) is 13.3 Å². The highest BCUT2D eigenvalue weighted by atomic mass is 32.2. The van der Waals surface area contributed by atoms with Crippen molar-refractivity contribution in [3.63, 3.8) is 0 Å². The summed E-state index contributed by atoms with van der Waals surface area (Å²) in [5, 5.41) is 7.35. The van der Waals surface area contributed by atoms with Crippen molar-refractivity contribution in [2.75, 3.05) is 26.4 Å². The van der Waals surface area contributed by atoms with Crippen LogP contribution in [-0.2, 0) is 10.8 Å². The lowest BCUT2D eigenvalue weighted by Crippen LogP contribution is -2.49. The van der Waals surface area contributed by atoms with Crippen LogP contribution >= 0.6 is 0 Å². The number of nitrogens with zero attached hydrogens (tertiary/aromatic N) is 2. The fourth-order valence-corrected chi connectivity index (χ4v) is 4.72. The van der Waals surface area contributed by atoms with Gasteiger partial charge in [0.05, 0.1) is 0 Å². The van der Waals surface area contributed by atoms with E-state index in [1.54, 1.807) is 0 Å². The van der Waals surface area contributed by atoms with Crippen molar-refractivity contribution in [3.8, 4) is 0 Å². The predicted molar refractivity (Wildman–Crippen MR) is 99.5 cm³/mol. The molecule has 0 aromatic rings. The molecular formula is C17H34N4OS. The molecule has 5 nitrogen and oxygen atoms in total. The number of hydrogen-bond donors (Lipinski definition) is 2. The lowest BCUT2D eigenvalue weighted by molar-refractivity contribution is 0.247. The van der Waals surface area contributed by atoms with Gasteiger partial charge in [0.2, 0.25) is 0 Å². The van der Waals surface area contributed by atoms with E-state index in [-0.39, 0.29) is 0 Å². The predicted octanol–water partition coefficient (Wildman–Crippen LogP) is 1.71. The molecule has 0 saturated heterocycles. The molecule has 2 rings (SSSR count). The summed E-state index contributed by atoms with van der Waals surface area (Å²) in [4.78, 5) is 6.82. The Bertz CT molecular complexity index is 425. The fourth-order valence-electron chi connectivity index (χ4n) is 3.37. The van der Waals surface area contributed by atoms with Gasteiger partial charge < -0.3 is 10.6 Å². The highest BCUT2D eigenvalue weighted by Crippen LogP contribution is 2.26. The van der Waals surface area contributed by atoms with Crippen LogP contribution in [0.5, 0.6) is 0 Å². The van der Waals surface area contributed by atoms with Gasteiger partial charge in [-0.2, -0.15) is 0 Å². The topological polar surface area (TPSA) is 56.7 Å². The number of nitrogens with one attached hydrogen (secondary N) is 2. The van der Waals surface area contributed by atoms with Gasteiger partial charge in [-0.05, 0) is 46.1 Å². The van der Waals surface area contributed by atoms with Crippen LogP contribution in [-0.4, -0.2) is 64.8 Å². The Morgan fingerprint density at radius 2 is 2.09 bits per heavy atom. The maximum atomic E-state index is 12.1. The van der Waals surface area contributed by atoms with Crippen LogP contribution < -0.4 is 10.6 Å². The van der Waals surface area contributed by atoms with Gasteiger partial charge in [0.25, 0.3) is 0 Å². The number of guanidine groups is 1. The van der Waals surface area contributed by atoms with Crippen LogP contribution in [0.25, 0.3) is 0 Å². The molecular weight excluding hydrogens is 308 g/mol. The molecule has 134 valence electrons. The number of rotatable bonds is 7. The van der Waals surface area contributed by atoms with E-state index < -0.39 is 10.8 Å². The zero-order valence-corrected chi connectivity index (χ0v) is 16.0.